The van der Waals surface area contributed by atoms with Crippen molar-refractivity contribution >= 4 is 27.3 Å². The van der Waals surface area contributed by atoms with Crippen LogP contribution in [0.1, 0.15) is 22.3 Å². The summed E-state index contributed by atoms with van der Waals surface area (Å²) in [6.07, 6.45) is 0. The van der Waals surface area contributed by atoms with Crippen LogP contribution < -0.4 is 13.9 Å². The quantitative estimate of drug-likeness (QED) is 0.459. The van der Waals surface area contributed by atoms with E-state index in [1.165, 1.54) is 28.2 Å². The first kappa shape index (κ1) is 26.5. The highest BCUT2D eigenvalue weighted by Crippen LogP contribution is 2.31. The number of benzene rings is 3. The van der Waals surface area contributed by atoms with Crippen molar-refractivity contribution < 1.29 is 17.9 Å². The molecule has 1 aliphatic heterocycles. The van der Waals surface area contributed by atoms with E-state index in [1.54, 1.807) is 41.3 Å². The van der Waals surface area contributed by atoms with Gasteiger partial charge in [-0.15, -0.1) is 0 Å². The Labute approximate surface area is 220 Å². The number of sulfonamides is 1. The molecule has 4 rings (SSSR count). The summed E-state index contributed by atoms with van der Waals surface area (Å²) in [7, 11) is -2.64. The molecule has 0 spiro atoms. The summed E-state index contributed by atoms with van der Waals surface area (Å²) in [6, 6.07) is 18.5. The average molecular weight is 522 g/mol. The highest BCUT2D eigenvalue weighted by Gasteiger charge is 2.32. The molecule has 0 atom stereocenters. The average Bonchev–Trinajstić information content (AvgIpc) is 2.88. The van der Waals surface area contributed by atoms with Gasteiger partial charge in [-0.3, -0.25) is 9.10 Å². The molecule has 1 aliphatic rings. The number of rotatable bonds is 7. The van der Waals surface area contributed by atoms with E-state index >= 15 is 0 Å². The van der Waals surface area contributed by atoms with Crippen LogP contribution >= 0.6 is 0 Å². The molecule has 8 heteroatoms. The lowest BCUT2D eigenvalue weighted by Gasteiger charge is -2.38. The number of carbonyl (C=O) groups excluding carboxylic acids is 1. The number of hydrogen-bond acceptors (Lipinski definition) is 5. The molecule has 196 valence electrons. The summed E-state index contributed by atoms with van der Waals surface area (Å²) >= 11 is 0. The largest absolute Gasteiger partial charge is 0.495 e. The number of piperazine rings is 1. The van der Waals surface area contributed by atoms with E-state index in [1.807, 2.05) is 19.9 Å². The zero-order chi connectivity index (χ0) is 26.7. The van der Waals surface area contributed by atoms with E-state index < -0.39 is 10.0 Å². The molecule has 0 bridgehead atoms. The third kappa shape index (κ3) is 5.59. The standard InChI is InChI=1S/C29H35N3O4S/c1-21-8-6-10-25(18-21)32(37(34,35)28-19-22(2)12-13-27(28)36-5)20-29(33)31-16-14-30(15-17-31)26-11-7-9-23(3)24(26)4/h6-13,18-19H,14-17,20H2,1-5H3. The van der Waals surface area contributed by atoms with E-state index in [4.69, 9.17) is 4.74 Å². The minimum absolute atomic E-state index is 0.0454. The topological polar surface area (TPSA) is 70.2 Å². The maximum Gasteiger partial charge on any atom is 0.268 e. The van der Waals surface area contributed by atoms with Crippen molar-refractivity contribution in [3.05, 3.63) is 82.9 Å². The molecule has 1 fully saturated rings. The Morgan fingerprint density at radius 3 is 2.24 bits per heavy atom. The number of ether oxygens (including phenoxy) is 1. The zero-order valence-electron chi connectivity index (χ0n) is 22.2. The lowest BCUT2D eigenvalue weighted by Crippen LogP contribution is -2.52. The first-order chi connectivity index (χ1) is 17.6. The molecule has 0 aliphatic carbocycles. The van der Waals surface area contributed by atoms with Gasteiger partial charge in [0, 0.05) is 31.9 Å². The van der Waals surface area contributed by atoms with Gasteiger partial charge in [0.25, 0.3) is 10.0 Å². The molecule has 0 saturated carbocycles. The van der Waals surface area contributed by atoms with E-state index in [9.17, 15) is 13.2 Å². The zero-order valence-corrected chi connectivity index (χ0v) is 23.0. The SMILES string of the molecule is COc1ccc(C)cc1S(=O)(=O)N(CC(=O)N1CCN(c2cccc(C)c2C)CC1)c1cccc(C)c1. The first-order valence-corrected chi connectivity index (χ1v) is 13.9. The Morgan fingerprint density at radius 1 is 0.892 bits per heavy atom. The summed E-state index contributed by atoms with van der Waals surface area (Å²) in [6.45, 7) is 10.1. The van der Waals surface area contributed by atoms with Crippen LogP contribution in [0, 0.1) is 27.7 Å². The Hall–Kier alpha value is -3.52. The number of aryl methyl sites for hydroxylation is 3. The predicted octanol–water partition coefficient (Wildman–Crippen LogP) is 4.47. The molecule has 0 aromatic heterocycles. The smallest absolute Gasteiger partial charge is 0.268 e. The normalized spacial score (nSPS) is 14.0. The predicted molar refractivity (Wildman–Crippen MR) is 148 cm³/mol. The van der Waals surface area contributed by atoms with Gasteiger partial charge < -0.3 is 14.5 Å². The van der Waals surface area contributed by atoms with Gasteiger partial charge in [0.15, 0.2) is 0 Å². The van der Waals surface area contributed by atoms with Gasteiger partial charge in [0.05, 0.1) is 12.8 Å². The van der Waals surface area contributed by atoms with Gasteiger partial charge in [-0.25, -0.2) is 8.42 Å². The maximum atomic E-state index is 14.0. The Kier molecular flexibility index (Phi) is 7.78. The minimum atomic E-state index is -4.08. The van der Waals surface area contributed by atoms with Gasteiger partial charge in [-0.1, -0.05) is 30.3 Å². The highest BCUT2D eigenvalue weighted by atomic mass is 32.2. The number of nitrogens with zero attached hydrogens (tertiary/aromatic N) is 3. The van der Waals surface area contributed by atoms with Crippen molar-refractivity contribution in [1.82, 2.24) is 4.90 Å². The van der Waals surface area contributed by atoms with Gasteiger partial charge >= 0.3 is 0 Å². The molecule has 7 nitrogen and oxygen atoms in total. The van der Waals surface area contributed by atoms with Gasteiger partial charge in [0.1, 0.15) is 17.2 Å². The molecule has 1 saturated heterocycles. The number of carbonyl (C=O) groups is 1. The molecule has 0 unspecified atom stereocenters. The minimum Gasteiger partial charge on any atom is -0.495 e. The summed E-state index contributed by atoms with van der Waals surface area (Å²) < 4.78 is 34.5. The Balaban J connectivity index is 1.59. The number of amides is 1. The molecule has 1 heterocycles. The van der Waals surface area contributed by atoms with Crippen molar-refractivity contribution in [2.75, 3.05) is 49.0 Å². The Morgan fingerprint density at radius 2 is 1.57 bits per heavy atom. The van der Waals surface area contributed by atoms with Crippen molar-refractivity contribution in [1.29, 1.82) is 0 Å². The second-order valence-corrected chi connectivity index (χ2v) is 11.4. The fourth-order valence-corrected chi connectivity index (χ4v) is 6.35. The second-order valence-electron chi connectivity index (χ2n) is 9.59. The van der Waals surface area contributed by atoms with Crippen LogP contribution in [0.2, 0.25) is 0 Å². The number of hydrogen-bond donors (Lipinski definition) is 0. The first-order valence-electron chi connectivity index (χ1n) is 12.4. The van der Waals surface area contributed by atoms with E-state index in [2.05, 4.69) is 36.9 Å². The van der Waals surface area contributed by atoms with Crippen molar-refractivity contribution in [3.63, 3.8) is 0 Å². The van der Waals surface area contributed by atoms with Crippen LogP contribution in [0.5, 0.6) is 5.75 Å². The second kappa shape index (κ2) is 10.8. The highest BCUT2D eigenvalue weighted by molar-refractivity contribution is 7.93. The van der Waals surface area contributed by atoms with Crippen LogP contribution in [-0.4, -0.2) is 59.1 Å². The van der Waals surface area contributed by atoms with E-state index in [-0.39, 0.29) is 23.1 Å². The molecule has 0 radical (unpaired) electrons. The molecule has 0 N–H and O–H groups in total. The summed E-state index contributed by atoms with van der Waals surface area (Å²) in [5, 5.41) is 0. The molecular formula is C29H35N3O4S. The molecule has 37 heavy (non-hydrogen) atoms. The van der Waals surface area contributed by atoms with Crippen LogP contribution in [-0.2, 0) is 14.8 Å². The van der Waals surface area contributed by atoms with Gasteiger partial charge in [-0.05, 0) is 80.3 Å². The van der Waals surface area contributed by atoms with E-state index in [0.29, 0.717) is 31.9 Å². The van der Waals surface area contributed by atoms with Crippen LogP contribution in [0.3, 0.4) is 0 Å². The van der Waals surface area contributed by atoms with Crippen molar-refractivity contribution in [3.8, 4) is 5.75 Å². The number of methoxy groups -OCH3 is 1. The summed E-state index contributed by atoms with van der Waals surface area (Å²) in [5.74, 6) is 0.0233. The maximum absolute atomic E-state index is 14.0. The third-order valence-corrected chi connectivity index (χ3v) is 8.80. The summed E-state index contributed by atoms with van der Waals surface area (Å²) in [4.78, 5) is 17.6. The fourth-order valence-electron chi connectivity index (χ4n) is 4.70. The monoisotopic (exact) mass is 521 g/mol. The molecule has 3 aromatic carbocycles. The van der Waals surface area contributed by atoms with Gasteiger partial charge in [-0.2, -0.15) is 0 Å². The lowest BCUT2D eigenvalue weighted by atomic mass is 10.1. The van der Waals surface area contributed by atoms with Crippen LogP contribution in [0.15, 0.2) is 65.6 Å². The summed E-state index contributed by atoms with van der Waals surface area (Å²) in [5.41, 5.74) is 5.81. The molecular weight excluding hydrogens is 486 g/mol. The van der Waals surface area contributed by atoms with Crippen molar-refractivity contribution in [2.45, 2.75) is 32.6 Å². The van der Waals surface area contributed by atoms with Crippen LogP contribution in [0.25, 0.3) is 0 Å². The molecule has 3 aromatic rings. The third-order valence-electron chi connectivity index (χ3n) is 7.00. The molecule has 1 amide bonds. The Bertz CT molecular complexity index is 1400. The fraction of sp³-hybridized carbons (Fsp3) is 0.345. The lowest BCUT2D eigenvalue weighted by molar-refractivity contribution is -0.129. The van der Waals surface area contributed by atoms with Crippen molar-refractivity contribution in [2.24, 2.45) is 0 Å². The van der Waals surface area contributed by atoms with Crippen LogP contribution in [0.4, 0.5) is 11.4 Å². The van der Waals surface area contributed by atoms with E-state index in [0.717, 1.165) is 11.1 Å². The number of anilines is 2. The van der Waals surface area contributed by atoms with Gasteiger partial charge in [0.2, 0.25) is 5.91 Å².